The van der Waals surface area contributed by atoms with Gasteiger partial charge in [0.25, 0.3) is 0 Å². The normalized spacial score (nSPS) is 12.5. The summed E-state index contributed by atoms with van der Waals surface area (Å²) in [5.41, 5.74) is 10.7. The van der Waals surface area contributed by atoms with E-state index in [-0.39, 0.29) is 17.0 Å². The Labute approximate surface area is 75.5 Å². The molecule has 0 aliphatic carbocycles. The van der Waals surface area contributed by atoms with Crippen LogP contribution in [-0.4, -0.2) is 11.8 Å². The van der Waals surface area contributed by atoms with E-state index in [1.54, 1.807) is 0 Å². The van der Waals surface area contributed by atoms with Gasteiger partial charge in [-0.15, -0.1) is 0 Å². The predicted molar refractivity (Wildman–Crippen MR) is 48.8 cm³/mol. The summed E-state index contributed by atoms with van der Waals surface area (Å²) < 4.78 is 12.9. The second-order valence-corrected chi connectivity index (χ2v) is 2.85. The van der Waals surface area contributed by atoms with Crippen LogP contribution in [0.2, 0.25) is 0 Å². The first-order valence-electron chi connectivity index (χ1n) is 3.88. The summed E-state index contributed by atoms with van der Waals surface area (Å²) in [5, 5.41) is 0. The zero-order chi connectivity index (χ0) is 10.0. The second kappa shape index (κ2) is 3.53. The van der Waals surface area contributed by atoms with Crippen molar-refractivity contribution in [2.45, 2.75) is 13.0 Å². The number of para-hydroxylation sites is 1. The number of rotatable bonds is 2. The van der Waals surface area contributed by atoms with Crippen LogP contribution in [0.3, 0.4) is 0 Å². The van der Waals surface area contributed by atoms with Crippen LogP contribution in [0.4, 0.5) is 10.1 Å². The minimum absolute atomic E-state index is 0.134. The van der Waals surface area contributed by atoms with Crippen molar-refractivity contribution in [2.75, 3.05) is 5.73 Å². The summed E-state index contributed by atoms with van der Waals surface area (Å²) in [6.07, 6.45) is 0. The molecule has 0 heterocycles. The summed E-state index contributed by atoms with van der Waals surface area (Å²) in [6.45, 7) is 1.53. The van der Waals surface area contributed by atoms with Crippen molar-refractivity contribution in [2.24, 2.45) is 5.73 Å². The van der Waals surface area contributed by atoms with E-state index in [0.717, 1.165) is 0 Å². The first-order chi connectivity index (χ1) is 6.04. The number of ketones is 1. The first-order valence-corrected chi connectivity index (χ1v) is 3.88. The van der Waals surface area contributed by atoms with E-state index in [0.29, 0.717) is 0 Å². The van der Waals surface area contributed by atoms with Crippen LogP contribution in [0.15, 0.2) is 18.2 Å². The Morgan fingerprint density at radius 1 is 1.54 bits per heavy atom. The van der Waals surface area contributed by atoms with Crippen LogP contribution in [-0.2, 0) is 0 Å². The van der Waals surface area contributed by atoms with Gasteiger partial charge in [0.15, 0.2) is 5.78 Å². The second-order valence-electron chi connectivity index (χ2n) is 2.85. The summed E-state index contributed by atoms with van der Waals surface area (Å²) in [4.78, 5) is 11.3. The lowest BCUT2D eigenvalue weighted by Gasteiger charge is -2.07. The van der Waals surface area contributed by atoms with Gasteiger partial charge in [-0.3, -0.25) is 4.79 Å². The number of Topliss-reactive ketones (excluding diaryl/α,β-unsaturated/α-hetero) is 1. The van der Waals surface area contributed by atoms with Crippen molar-refractivity contribution in [1.82, 2.24) is 0 Å². The molecule has 4 N–H and O–H groups in total. The van der Waals surface area contributed by atoms with Crippen molar-refractivity contribution in [3.8, 4) is 0 Å². The maximum Gasteiger partial charge on any atom is 0.181 e. The number of nitrogen functional groups attached to an aromatic ring is 1. The monoisotopic (exact) mass is 182 g/mol. The molecule has 1 rings (SSSR count). The predicted octanol–water partition coefficient (Wildman–Crippen LogP) is 0.938. The molecule has 0 aliphatic heterocycles. The zero-order valence-electron chi connectivity index (χ0n) is 7.25. The number of carbonyl (C=O) groups is 1. The Bertz CT molecular complexity index is 336. The third-order valence-electron chi connectivity index (χ3n) is 1.73. The summed E-state index contributed by atoms with van der Waals surface area (Å²) >= 11 is 0. The quantitative estimate of drug-likeness (QED) is 0.528. The van der Waals surface area contributed by atoms with Gasteiger partial charge in [-0.2, -0.15) is 0 Å². The number of anilines is 1. The van der Waals surface area contributed by atoms with Crippen LogP contribution in [0.25, 0.3) is 0 Å². The Balaban J connectivity index is 3.15. The molecule has 0 saturated heterocycles. The van der Waals surface area contributed by atoms with Crippen LogP contribution in [0, 0.1) is 5.82 Å². The summed E-state index contributed by atoms with van der Waals surface area (Å²) in [5.74, 6) is -0.941. The highest BCUT2D eigenvalue weighted by molar-refractivity contribution is 6.03. The molecular weight excluding hydrogens is 171 g/mol. The molecule has 1 unspecified atom stereocenters. The van der Waals surface area contributed by atoms with Gasteiger partial charge in [-0.1, -0.05) is 6.07 Å². The Morgan fingerprint density at radius 2 is 2.15 bits per heavy atom. The van der Waals surface area contributed by atoms with Crippen molar-refractivity contribution in [1.29, 1.82) is 0 Å². The molecule has 13 heavy (non-hydrogen) atoms. The van der Waals surface area contributed by atoms with E-state index < -0.39 is 11.9 Å². The molecule has 0 aromatic heterocycles. The SMILES string of the molecule is CC(N)C(=O)c1cccc(F)c1N. The first kappa shape index (κ1) is 9.67. The van der Waals surface area contributed by atoms with Crippen LogP contribution < -0.4 is 11.5 Å². The lowest BCUT2D eigenvalue weighted by atomic mass is 10.0. The third kappa shape index (κ3) is 1.84. The van der Waals surface area contributed by atoms with Gasteiger partial charge in [0.2, 0.25) is 0 Å². The average Bonchev–Trinajstić information content (AvgIpc) is 2.08. The molecule has 1 aromatic carbocycles. The highest BCUT2D eigenvalue weighted by Crippen LogP contribution is 2.16. The minimum Gasteiger partial charge on any atom is -0.396 e. The molecule has 0 amide bonds. The molecule has 1 atom stereocenters. The van der Waals surface area contributed by atoms with Gasteiger partial charge >= 0.3 is 0 Å². The molecule has 3 nitrogen and oxygen atoms in total. The Morgan fingerprint density at radius 3 is 2.69 bits per heavy atom. The molecule has 0 saturated carbocycles. The van der Waals surface area contributed by atoms with Crippen LogP contribution in [0.1, 0.15) is 17.3 Å². The van der Waals surface area contributed by atoms with Gasteiger partial charge in [-0.25, -0.2) is 4.39 Å². The van der Waals surface area contributed by atoms with Crippen LogP contribution >= 0.6 is 0 Å². The molecule has 70 valence electrons. The van der Waals surface area contributed by atoms with E-state index in [1.807, 2.05) is 0 Å². The Kier molecular flexibility index (Phi) is 2.63. The minimum atomic E-state index is -0.663. The summed E-state index contributed by atoms with van der Waals surface area (Å²) in [6, 6.07) is 3.43. The van der Waals surface area contributed by atoms with E-state index in [1.165, 1.54) is 25.1 Å². The highest BCUT2D eigenvalue weighted by Gasteiger charge is 2.15. The van der Waals surface area contributed by atoms with Crippen LogP contribution in [0.5, 0.6) is 0 Å². The van der Waals surface area contributed by atoms with Crippen molar-refractivity contribution in [3.05, 3.63) is 29.6 Å². The van der Waals surface area contributed by atoms with Gasteiger partial charge in [0.05, 0.1) is 11.7 Å². The maximum atomic E-state index is 12.9. The lowest BCUT2D eigenvalue weighted by molar-refractivity contribution is 0.0968. The number of hydrogen-bond donors (Lipinski definition) is 2. The smallest absolute Gasteiger partial charge is 0.181 e. The van der Waals surface area contributed by atoms with E-state index in [4.69, 9.17) is 11.5 Å². The fraction of sp³-hybridized carbons (Fsp3) is 0.222. The van der Waals surface area contributed by atoms with Crippen molar-refractivity contribution < 1.29 is 9.18 Å². The fourth-order valence-electron chi connectivity index (χ4n) is 0.997. The zero-order valence-corrected chi connectivity index (χ0v) is 7.25. The van der Waals surface area contributed by atoms with Crippen molar-refractivity contribution in [3.63, 3.8) is 0 Å². The molecule has 0 spiro atoms. The van der Waals surface area contributed by atoms with Gasteiger partial charge in [0, 0.05) is 5.56 Å². The number of benzene rings is 1. The Hall–Kier alpha value is -1.42. The average molecular weight is 182 g/mol. The third-order valence-corrected chi connectivity index (χ3v) is 1.73. The number of nitrogens with two attached hydrogens (primary N) is 2. The van der Waals surface area contributed by atoms with E-state index in [2.05, 4.69) is 0 Å². The largest absolute Gasteiger partial charge is 0.396 e. The molecule has 0 fully saturated rings. The number of hydrogen-bond acceptors (Lipinski definition) is 3. The fourth-order valence-corrected chi connectivity index (χ4v) is 0.997. The van der Waals surface area contributed by atoms with E-state index >= 15 is 0 Å². The standard InChI is InChI=1S/C9H11FN2O/c1-5(11)9(13)6-3-2-4-7(10)8(6)12/h2-5H,11-12H2,1H3. The van der Waals surface area contributed by atoms with Gasteiger partial charge in [-0.05, 0) is 19.1 Å². The van der Waals surface area contributed by atoms with Gasteiger partial charge < -0.3 is 11.5 Å². The van der Waals surface area contributed by atoms with Crippen molar-refractivity contribution >= 4 is 11.5 Å². The molecule has 4 heteroatoms. The highest BCUT2D eigenvalue weighted by atomic mass is 19.1. The molecule has 1 aromatic rings. The van der Waals surface area contributed by atoms with Gasteiger partial charge in [0.1, 0.15) is 5.82 Å². The van der Waals surface area contributed by atoms with E-state index in [9.17, 15) is 9.18 Å². The summed E-state index contributed by atoms with van der Waals surface area (Å²) in [7, 11) is 0. The topological polar surface area (TPSA) is 69.1 Å². The molecule has 0 aliphatic rings. The number of carbonyl (C=O) groups excluding carboxylic acids is 1. The molecule has 0 radical (unpaired) electrons. The molecule has 0 bridgehead atoms. The maximum absolute atomic E-state index is 12.9. The lowest BCUT2D eigenvalue weighted by Crippen LogP contribution is -2.27. The number of halogens is 1. The molecular formula is C9H11FN2O.